The van der Waals surface area contributed by atoms with Crippen molar-refractivity contribution in [2.24, 2.45) is 5.10 Å². The fourth-order valence-corrected chi connectivity index (χ4v) is 5.40. The Kier molecular flexibility index (Phi) is 9.06. The summed E-state index contributed by atoms with van der Waals surface area (Å²) < 4.78 is 14.6. The summed E-state index contributed by atoms with van der Waals surface area (Å²) in [5, 5.41) is 4.81. The number of rotatable bonds is 9. The summed E-state index contributed by atoms with van der Waals surface area (Å²) in [7, 11) is 1.58. The lowest BCUT2D eigenvalue weighted by atomic mass is 10.1. The Labute approximate surface area is 257 Å². The molecule has 0 aliphatic rings. The van der Waals surface area contributed by atoms with Gasteiger partial charge < -0.3 is 14.0 Å². The summed E-state index contributed by atoms with van der Waals surface area (Å²) in [6, 6.07) is 33.1. The first-order valence-electron chi connectivity index (χ1n) is 12.9. The van der Waals surface area contributed by atoms with E-state index in [0.717, 1.165) is 37.3 Å². The number of hydrogen-bond donors (Lipinski definition) is 1. The van der Waals surface area contributed by atoms with E-state index in [1.54, 1.807) is 31.5 Å². The summed E-state index contributed by atoms with van der Waals surface area (Å²) >= 11 is 8.44. The van der Waals surface area contributed by atoms with Gasteiger partial charge in [0.1, 0.15) is 6.61 Å². The maximum absolute atomic E-state index is 12.8. The van der Waals surface area contributed by atoms with Crippen LogP contribution in [0.2, 0.25) is 5.02 Å². The number of benzene rings is 4. The third-order valence-electron chi connectivity index (χ3n) is 6.49. The van der Waals surface area contributed by atoms with Crippen molar-refractivity contribution in [1.82, 2.24) is 9.99 Å². The van der Waals surface area contributed by atoms with Crippen molar-refractivity contribution in [2.75, 3.05) is 7.11 Å². The number of nitrogens with zero attached hydrogens (tertiary/aromatic N) is 2. The van der Waals surface area contributed by atoms with E-state index in [4.69, 9.17) is 21.1 Å². The molecule has 4 aromatic carbocycles. The van der Waals surface area contributed by atoms with Crippen LogP contribution >= 0.6 is 34.2 Å². The first-order chi connectivity index (χ1) is 19.9. The Balaban J connectivity index is 1.25. The average molecular weight is 676 g/mol. The number of amides is 1. The minimum atomic E-state index is -0.304. The van der Waals surface area contributed by atoms with Crippen molar-refractivity contribution in [3.63, 3.8) is 0 Å². The third kappa shape index (κ3) is 6.64. The zero-order valence-corrected chi connectivity index (χ0v) is 25.4. The number of ether oxygens (including phenoxy) is 2. The SMILES string of the molecule is COc1cc(/C=N/NC(=O)c2ccc(-n3c(C)ccc3-c3ccccc3)cc2)cc(I)c1OCc1ccccc1Cl. The highest BCUT2D eigenvalue weighted by Gasteiger charge is 2.13. The minimum Gasteiger partial charge on any atom is -0.493 e. The number of nitrogens with one attached hydrogen (secondary N) is 1. The maximum Gasteiger partial charge on any atom is 0.271 e. The zero-order chi connectivity index (χ0) is 28.8. The number of hydrazone groups is 1. The van der Waals surface area contributed by atoms with Crippen LogP contribution in [-0.2, 0) is 6.61 Å². The Morgan fingerprint density at radius 1 is 0.976 bits per heavy atom. The standard InChI is InChI=1S/C33H27ClIN3O3/c1-22-12-17-30(24-8-4-3-5-9-24)38(22)27-15-13-25(14-16-27)33(39)37-36-20-23-18-29(35)32(31(19-23)40-2)41-21-26-10-6-7-11-28(26)34/h3-20H,21H2,1-2H3,(H,37,39)/b36-20+. The fourth-order valence-electron chi connectivity index (χ4n) is 4.43. The highest BCUT2D eigenvalue weighted by atomic mass is 127. The van der Waals surface area contributed by atoms with Gasteiger partial charge in [0.25, 0.3) is 5.91 Å². The summed E-state index contributed by atoms with van der Waals surface area (Å²) in [4.78, 5) is 12.8. The molecule has 0 atom stereocenters. The fraction of sp³-hybridized carbons (Fsp3) is 0.0909. The number of halogens is 2. The summed E-state index contributed by atoms with van der Waals surface area (Å²) in [5.74, 6) is 0.867. The van der Waals surface area contributed by atoms with Gasteiger partial charge in [-0.3, -0.25) is 4.79 Å². The van der Waals surface area contributed by atoms with Crippen molar-refractivity contribution >= 4 is 46.3 Å². The van der Waals surface area contributed by atoms with E-state index in [1.807, 2.05) is 60.7 Å². The van der Waals surface area contributed by atoms with E-state index in [1.165, 1.54) is 0 Å². The van der Waals surface area contributed by atoms with Gasteiger partial charge in [-0.15, -0.1) is 0 Å². The Hall–Kier alpha value is -4.08. The van der Waals surface area contributed by atoms with Crippen LogP contribution in [0, 0.1) is 10.5 Å². The second kappa shape index (κ2) is 13.1. The molecule has 0 bridgehead atoms. The second-order valence-electron chi connectivity index (χ2n) is 9.22. The highest BCUT2D eigenvalue weighted by molar-refractivity contribution is 14.1. The molecule has 0 unspecified atom stereocenters. The molecule has 0 aliphatic carbocycles. The van der Waals surface area contributed by atoms with Gasteiger partial charge in [0.15, 0.2) is 11.5 Å². The van der Waals surface area contributed by atoms with E-state index < -0.39 is 0 Å². The third-order valence-corrected chi connectivity index (χ3v) is 7.66. The van der Waals surface area contributed by atoms with E-state index in [0.29, 0.717) is 28.7 Å². The maximum atomic E-state index is 12.8. The zero-order valence-electron chi connectivity index (χ0n) is 22.5. The van der Waals surface area contributed by atoms with Crippen LogP contribution in [0.1, 0.15) is 27.2 Å². The van der Waals surface area contributed by atoms with Crippen LogP contribution in [0.5, 0.6) is 11.5 Å². The van der Waals surface area contributed by atoms with Crippen LogP contribution in [-0.4, -0.2) is 23.8 Å². The van der Waals surface area contributed by atoms with Crippen LogP contribution in [0.25, 0.3) is 16.9 Å². The van der Waals surface area contributed by atoms with Crippen LogP contribution in [0.4, 0.5) is 0 Å². The van der Waals surface area contributed by atoms with Crippen LogP contribution < -0.4 is 14.9 Å². The van der Waals surface area contributed by atoms with Gasteiger partial charge in [-0.1, -0.05) is 60.1 Å². The molecule has 0 saturated heterocycles. The van der Waals surface area contributed by atoms with Crippen LogP contribution in [0.3, 0.4) is 0 Å². The molecule has 0 radical (unpaired) electrons. The molecular formula is C33H27ClIN3O3. The van der Waals surface area contributed by atoms with Crippen molar-refractivity contribution in [2.45, 2.75) is 13.5 Å². The van der Waals surface area contributed by atoms with Gasteiger partial charge in [-0.05, 0) is 95.2 Å². The lowest BCUT2D eigenvalue weighted by Gasteiger charge is -2.14. The molecule has 206 valence electrons. The number of hydrogen-bond acceptors (Lipinski definition) is 4. The summed E-state index contributed by atoms with van der Waals surface area (Å²) in [5.41, 5.74) is 9.06. The smallest absolute Gasteiger partial charge is 0.271 e. The molecule has 8 heteroatoms. The first-order valence-corrected chi connectivity index (χ1v) is 14.3. The molecule has 1 N–H and O–H groups in total. The molecule has 0 fully saturated rings. The molecule has 6 nitrogen and oxygen atoms in total. The lowest BCUT2D eigenvalue weighted by molar-refractivity contribution is 0.0955. The van der Waals surface area contributed by atoms with Gasteiger partial charge in [-0.2, -0.15) is 5.10 Å². The molecule has 41 heavy (non-hydrogen) atoms. The summed E-state index contributed by atoms with van der Waals surface area (Å²) in [6.45, 7) is 2.38. The second-order valence-corrected chi connectivity index (χ2v) is 10.8. The number of carbonyl (C=O) groups is 1. The molecule has 1 heterocycles. The van der Waals surface area contributed by atoms with E-state index in [-0.39, 0.29) is 5.91 Å². The summed E-state index contributed by atoms with van der Waals surface area (Å²) in [6.07, 6.45) is 1.57. The number of aryl methyl sites for hydroxylation is 1. The van der Waals surface area contributed by atoms with Gasteiger partial charge >= 0.3 is 0 Å². The Morgan fingerprint density at radius 2 is 1.71 bits per heavy atom. The predicted octanol–water partition coefficient (Wildman–Crippen LogP) is 8.06. The van der Waals surface area contributed by atoms with E-state index in [9.17, 15) is 4.79 Å². The molecule has 0 aliphatic heterocycles. The molecule has 1 aromatic heterocycles. The van der Waals surface area contributed by atoms with Crippen molar-refractivity contribution in [1.29, 1.82) is 0 Å². The molecule has 5 aromatic rings. The van der Waals surface area contributed by atoms with Crippen molar-refractivity contribution in [3.05, 3.63) is 134 Å². The van der Waals surface area contributed by atoms with Crippen molar-refractivity contribution < 1.29 is 14.3 Å². The number of methoxy groups -OCH3 is 1. The van der Waals surface area contributed by atoms with Gasteiger partial charge in [0, 0.05) is 27.5 Å². The van der Waals surface area contributed by atoms with Gasteiger partial charge in [0.2, 0.25) is 0 Å². The van der Waals surface area contributed by atoms with Crippen LogP contribution in [0.15, 0.2) is 108 Å². The Bertz CT molecular complexity index is 1700. The van der Waals surface area contributed by atoms with E-state index >= 15 is 0 Å². The normalized spacial score (nSPS) is 11.0. The van der Waals surface area contributed by atoms with Gasteiger partial charge in [0.05, 0.1) is 22.6 Å². The van der Waals surface area contributed by atoms with Gasteiger partial charge in [-0.25, -0.2) is 5.43 Å². The van der Waals surface area contributed by atoms with Crippen molar-refractivity contribution in [3.8, 4) is 28.4 Å². The number of carbonyl (C=O) groups excluding carboxylic acids is 1. The monoisotopic (exact) mass is 675 g/mol. The topological polar surface area (TPSA) is 64.8 Å². The molecule has 0 spiro atoms. The highest BCUT2D eigenvalue weighted by Crippen LogP contribution is 2.34. The Morgan fingerprint density at radius 3 is 2.44 bits per heavy atom. The largest absolute Gasteiger partial charge is 0.493 e. The predicted molar refractivity (Wildman–Crippen MR) is 172 cm³/mol. The lowest BCUT2D eigenvalue weighted by Crippen LogP contribution is -2.17. The van der Waals surface area contributed by atoms with E-state index in [2.05, 4.69) is 68.9 Å². The first kappa shape index (κ1) is 28.4. The molecular weight excluding hydrogens is 649 g/mol. The number of aromatic nitrogens is 1. The molecule has 1 amide bonds. The minimum absolute atomic E-state index is 0.304. The molecule has 5 rings (SSSR count). The average Bonchev–Trinajstić information content (AvgIpc) is 3.38. The molecule has 0 saturated carbocycles. The quantitative estimate of drug-likeness (QED) is 0.0977.